The fourth-order valence-corrected chi connectivity index (χ4v) is 2.78. The van der Waals surface area contributed by atoms with Gasteiger partial charge in [-0.15, -0.1) is 11.3 Å². The molecule has 1 aromatic heterocycles. The molecule has 0 aliphatic heterocycles. The number of carbonyl (C=O) groups excluding carboxylic acids is 1. The lowest BCUT2D eigenvalue weighted by atomic mass is 9.84. The van der Waals surface area contributed by atoms with E-state index in [-0.39, 0.29) is 0 Å². The minimum absolute atomic E-state index is 0.315. The lowest BCUT2D eigenvalue weighted by Crippen LogP contribution is -2.35. The van der Waals surface area contributed by atoms with Gasteiger partial charge in [-0.3, -0.25) is 4.79 Å². The lowest BCUT2D eigenvalue weighted by Gasteiger charge is -2.29. The Morgan fingerprint density at radius 1 is 1.60 bits per heavy atom. The van der Waals surface area contributed by atoms with Crippen molar-refractivity contribution < 1.29 is 4.79 Å². The monoisotopic (exact) mass is 223 g/mol. The highest BCUT2D eigenvalue weighted by Gasteiger charge is 2.27. The summed E-state index contributed by atoms with van der Waals surface area (Å²) >= 11 is 1.74. The molecule has 0 aromatic carbocycles. The minimum atomic E-state index is 0.315. The van der Waals surface area contributed by atoms with Crippen molar-refractivity contribution in [2.75, 3.05) is 7.05 Å². The second kappa shape index (κ2) is 4.35. The fraction of sp³-hybridized carbons (Fsp3) is 0.583. The molecule has 1 aromatic rings. The van der Waals surface area contributed by atoms with Crippen LogP contribution >= 0.6 is 11.3 Å². The van der Waals surface area contributed by atoms with E-state index in [1.54, 1.807) is 11.3 Å². The second-order valence-corrected chi connectivity index (χ2v) is 5.35. The zero-order valence-electron chi connectivity index (χ0n) is 9.32. The highest BCUT2D eigenvalue weighted by atomic mass is 32.1. The number of carbonyl (C=O) groups is 1. The molecule has 1 aliphatic carbocycles. The molecule has 0 saturated heterocycles. The first-order valence-electron chi connectivity index (χ1n) is 5.46. The van der Waals surface area contributed by atoms with Gasteiger partial charge in [-0.2, -0.15) is 0 Å². The quantitative estimate of drug-likeness (QED) is 0.771. The van der Waals surface area contributed by atoms with E-state index in [1.165, 1.54) is 16.9 Å². The van der Waals surface area contributed by atoms with Crippen LogP contribution in [-0.2, 0) is 11.3 Å². The van der Waals surface area contributed by atoms with E-state index in [9.17, 15) is 4.79 Å². The Hall–Kier alpha value is -0.830. The molecule has 0 atom stereocenters. The Bertz CT molecular complexity index is 354. The van der Waals surface area contributed by atoms with Crippen LogP contribution in [0.3, 0.4) is 0 Å². The third kappa shape index (κ3) is 2.23. The molecule has 1 saturated carbocycles. The summed E-state index contributed by atoms with van der Waals surface area (Å²) < 4.78 is 0. The molecule has 2 rings (SSSR count). The summed E-state index contributed by atoms with van der Waals surface area (Å²) in [5.74, 6) is 0.643. The Labute approximate surface area is 94.9 Å². The number of aryl methyl sites for hydroxylation is 1. The molecule has 2 nitrogen and oxygen atoms in total. The number of hydrogen-bond donors (Lipinski definition) is 0. The topological polar surface area (TPSA) is 20.3 Å². The standard InChI is InChI=1S/C12H17NOS/c1-9-6-7-15-11(9)8-13(2)12(14)10-4-3-5-10/h6-7,10H,3-5,8H2,1-2H3. The predicted octanol–water partition coefficient (Wildman–Crippen LogP) is 2.82. The largest absolute Gasteiger partial charge is 0.340 e. The molecule has 1 aliphatic rings. The molecule has 0 unspecified atom stereocenters. The third-order valence-electron chi connectivity index (χ3n) is 3.18. The van der Waals surface area contributed by atoms with Gasteiger partial charge in [0, 0.05) is 17.8 Å². The van der Waals surface area contributed by atoms with Gasteiger partial charge in [0.2, 0.25) is 5.91 Å². The van der Waals surface area contributed by atoms with Crippen molar-refractivity contribution in [2.45, 2.75) is 32.7 Å². The van der Waals surface area contributed by atoms with Crippen molar-refractivity contribution in [1.29, 1.82) is 0 Å². The van der Waals surface area contributed by atoms with Crippen LogP contribution in [0, 0.1) is 12.8 Å². The maximum Gasteiger partial charge on any atom is 0.225 e. The number of amides is 1. The van der Waals surface area contributed by atoms with E-state index in [1.807, 2.05) is 11.9 Å². The Morgan fingerprint density at radius 3 is 2.80 bits per heavy atom. The van der Waals surface area contributed by atoms with Crippen LogP contribution in [0.15, 0.2) is 11.4 Å². The van der Waals surface area contributed by atoms with Crippen LogP contribution in [0.2, 0.25) is 0 Å². The summed E-state index contributed by atoms with van der Waals surface area (Å²) in [6.07, 6.45) is 3.40. The van der Waals surface area contributed by atoms with Crippen LogP contribution in [0.1, 0.15) is 29.7 Å². The Morgan fingerprint density at radius 2 is 2.33 bits per heavy atom. The summed E-state index contributed by atoms with van der Waals surface area (Å²) in [5, 5.41) is 2.09. The van der Waals surface area contributed by atoms with E-state index in [2.05, 4.69) is 18.4 Å². The summed E-state index contributed by atoms with van der Waals surface area (Å²) in [7, 11) is 1.92. The number of rotatable bonds is 3. The highest BCUT2D eigenvalue weighted by molar-refractivity contribution is 7.10. The van der Waals surface area contributed by atoms with Crippen molar-refractivity contribution in [1.82, 2.24) is 4.90 Å². The molecule has 0 N–H and O–H groups in total. The van der Waals surface area contributed by atoms with Gasteiger partial charge in [0.1, 0.15) is 0 Å². The first-order chi connectivity index (χ1) is 7.18. The van der Waals surface area contributed by atoms with Gasteiger partial charge in [-0.25, -0.2) is 0 Å². The molecule has 0 bridgehead atoms. The summed E-state index contributed by atoms with van der Waals surface area (Å²) in [5.41, 5.74) is 1.30. The number of thiophene rings is 1. The highest BCUT2D eigenvalue weighted by Crippen LogP contribution is 2.28. The molecular weight excluding hydrogens is 206 g/mol. The zero-order valence-corrected chi connectivity index (χ0v) is 10.1. The normalized spacial score (nSPS) is 16.1. The molecule has 1 fully saturated rings. The van der Waals surface area contributed by atoms with Gasteiger partial charge in [-0.1, -0.05) is 6.42 Å². The maximum absolute atomic E-state index is 11.9. The van der Waals surface area contributed by atoms with Crippen molar-refractivity contribution >= 4 is 17.2 Å². The lowest BCUT2D eigenvalue weighted by molar-refractivity contribution is -0.137. The molecule has 0 spiro atoms. The van der Waals surface area contributed by atoms with Gasteiger partial charge >= 0.3 is 0 Å². The average molecular weight is 223 g/mol. The molecular formula is C12H17NOS. The first-order valence-corrected chi connectivity index (χ1v) is 6.34. The SMILES string of the molecule is Cc1ccsc1CN(C)C(=O)C1CCC1. The summed E-state index contributed by atoms with van der Waals surface area (Å²) in [6, 6.07) is 2.11. The molecule has 15 heavy (non-hydrogen) atoms. The number of nitrogens with zero attached hydrogens (tertiary/aromatic N) is 1. The Balaban J connectivity index is 1.94. The van der Waals surface area contributed by atoms with Gasteiger partial charge in [0.25, 0.3) is 0 Å². The third-order valence-corrected chi connectivity index (χ3v) is 4.19. The predicted molar refractivity (Wildman–Crippen MR) is 62.9 cm³/mol. The smallest absolute Gasteiger partial charge is 0.225 e. The molecule has 0 radical (unpaired) electrons. The van der Waals surface area contributed by atoms with Crippen LogP contribution in [0.4, 0.5) is 0 Å². The first kappa shape index (κ1) is 10.7. The van der Waals surface area contributed by atoms with Crippen molar-refractivity contribution in [3.63, 3.8) is 0 Å². The Kier molecular flexibility index (Phi) is 3.10. The van der Waals surface area contributed by atoms with Gasteiger partial charge < -0.3 is 4.90 Å². The van der Waals surface area contributed by atoms with Crippen molar-refractivity contribution in [3.8, 4) is 0 Å². The molecule has 1 heterocycles. The van der Waals surface area contributed by atoms with E-state index in [4.69, 9.17) is 0 Å². The van der Waals surface area contributed by atoms with E-state index < -0.39 is 0 Å². The van der Waals surface area contributed by atoms with Crippen molar-refractivity contribution in [3.05, 3.63) is 21.9 Å². The fourth-order valence-electron chi connectivity index (χ4n) is 1.83. The van der Waals surface area contributed by atoms with Crippen LogP contribution in [-0.4, -0.2) is 17.9 Å². The molecule has 82 valence electrons. The van der Waals surface area contributed by atoms with Crippen LogP contribution < -0.4 is 0 Å². The number of hydrogen-bond acceptors (Lipinski definition) is 2. The molecule has 3 heteroatoms. The van der Waals surface area contributed by atoms with Crippen LogP contribution in [0.25, 0.3) is 0 Å². The van der Waals surface area contributed by atoms with E-state index in [0.29, 0.717) is 11.8 Å². The molecule has 1 amide bonds. The van der Waals surface area contributed by atoms with Crippen molar-refractivity contribution in [2.24, 2.45) is 5.92 Å². The van der Waals surface area contributed by atoms with Gasteiger partial charge in [0.15, 0.2) is 0 Å². The van der Waals surface area contributed by atoms with Gasteiger partial charge in [0.05, 0.1) is 6.54 Å². The van der Waals surface area contributed by atoms with E-state index in [0.717, 1.165) is 19.4 Å². The van der Waals surface area contributed by atoms with Gasteiger partial charge in [-0.05, 0) is 36.8 Å². The maximum atomic E-state index is 11.9. The second-order valence-electron chi connectivity index (χ2n) is 4.35. The van der Waals surface area contributed by atoms with Crippen LogP contribution in [0.5, 0.6) is 0 Å². The van der Waals surface area contributed by atoms with E-state index >= 15 is 0 Å². The average Bonchev–Trinajstić information content (AvgIpc) is 2.49. The summed E-state index contributed by atoms with van der Waals surface area (Å²) in [6.45, 7) is 2.88. The summed E-state index contributed by atoms with van der Waals surface area (Å²) in [4.78, 5) is 15.1. The zero-order chi connectivity index (χ0) is 10.8. The minimum Gasteiger partial charge on any atom is -0.340 e.